The lowest BCUT2D eigenvalue weighted by Gasteiger charge is -1.95. The van der Waals surface area contributed by atoms with Gasteiger partial charge in [0.1, 0.15) is 7.11 Å². The van der Waals surface area contributed by atoms with E-state index in [2.05, 4.69) is 4.84 Å². The van der Waals surface area contributed by atoms with E-state index in [0.717, 1.165) is 0 Å². The van der Waals surface area contributed by atoms with Gasteiger partial charge in [0, 0.05) is 23.5 Å². The second kappa shape index (κ2) is 2.30. The predicted molar refractivity (Wildman–Crippen MR) is 34.3 cm³/mol. The minimum Gasteiger partial charge on any atom is -0.589 e. The van der Waals surface area contributed by atoms with E-state index in [4.69, 9.17) is 0 Å². The van der Waals surface area contributed by atoms with Gasteiger partial charge in [-0.1, -0.05) is 0 Å². The molecule has 6 nitrogen and oxygen atoms in total. The van der Waals surface area contributed by atoms with Crippen molar-refractivity contribution < 1.29 is 14.5 Å². The lowest BCUT2D eigenvalue weighted by atomic mass is 10.4. The Morgan fingerprint density at radius 3 is 1.73 bits per heavy atom. The highest BCUT2D eigenvalue weighted by Crippen LogP contribution is 1.90. The maximum absolute atomic E-state index is 11.0. The summed E-state index contributed by atoms with van der Waals surface area (Å²) < 4.78 is 0. The van der Waals surface area contributed by atoms with Crippen LogP contribution in [0.3, 0.4) is 0 Å². The zero-order valence-corrected chi connectivity index (χ0v) is 6.57. The van der Waals surface area contributed by atoms with Gasteiger partial charge in [0.05, 0.1) is 0 Å². The van der Waals surface area contributed by atoms with Crippen molar-refractivity contribution in [3.05, 3.63) is 21.8 Å². The van der Waals surface area contributed by atoms with E-state index in [0.29, 0.717) is 26.0 Å². The molecular formula is C5H9N3O3. The maximum Gasteiger partial charge on any atom is 0.295 e. The van der Waals surface area contributed by atoms with E-state index in [9.17, 15) is 10.4 Å². The van der Waals surface area contributed by atoms with E-state index in [1.54, 1.807) is 13.8 Å². The second-order valence-electron chi connectivity index (χ2n) is 2.15. The molecule has 0 aliphatic heterocycles. The van der Waals surface area contributed by atoms with Gasteiger partial charge in [-0.05, 0) is 0 Å². The van der Waals surface area contributed by atoms with E-state index in [-0.39, 0.29) is 0 Å². The Morgan fingerprint density at radius 2 is 1.55 bits per heavy atom. The van der Waals surface area contributed by atoms with E-state index in [1.807, 2.05) is 0 Å². The fraction of sp³-hybridized carbons (Fsp3) is 0.600. The van der Waals surface area contributed by atoms with Crippen LogP contribution in [-0.4, -0.2) is 12.1 Å². The van der Waals surface area contributed by atoms with Gasteiger partial charge in [-0.3, -0.25) is 0 Å². The molecule has 0 aromatic carbocycles. The first-order chi connectivity index (χ1) is 5.09. The quantitative estimate of drug-likeness (QED) is 0.367. The van der Waals surface area contributed by atoms with Crippen LogP contribution in [-0.2, 0) is 0 Å². The third-order valence-corrected chi connectivity index (χ3v) is 1.57. The van der Waals surface area contributed by atoms with E-state index in [1.165, 1.54) is 7.11 Å². The van der Waals surface area contributed by atoms with Gasteiger partial charge in [-0.25, -0.2) is 0 Å². The fourth-order valence-electron chi connectivity index (χ4n) is 0.756. The van der Waals surface area contributed by atoms with Crippen molar-refractivity contribution in [3.63, 3.8) is 0 Å². The Labute approximate surface area is 63.3 Å². The van der Waals surface area contributed by atoms with Crippen LogP contribution in [0.25, 0.3) is 0 Å². The lowest BCUT2D eigenvalue weighted by molar-refractivity contribution is -0.894. The van der Waals surface area contributed by atoms with Crippen molar-refractivity contribution in [1.82, 2.24) is 4.96 Å². The van der Waals surface area contributed by atoms with Crippen LogP contribution in [0.2, 0.25) is 0 Å². The molecule has 0 unspecified atom stereocenters. The summed E-state index contributed by atoms with van der Waals surface area (Å²) in [7, 11) is 1.25. The van der Waals surface area contributed by atoms with Gasteiger partial charge >= 0.3 is 0 Å². The molecule has 0 fully saturated rings. The molecule has 0 aliphatic carbocycles. The summed E-state index contributed by atoms with van der Waals surface area (Å²) in [6.07, 6.45) is 0. The average molecular weight is 159 g/mol. The van der Waals surface area contributed by atoms with Crippen LogP contribution in [0.1, 0.15) is 11.4 Å². The highest BCUT2D eigenvalue weighted by Gasteiger charge is 2.25. The Morgan fingerprint density at radius 1 is 1.18 bits per heavy atom. The number of hydrogen-bond donors (Lipinski definition) is 0. The normalized spacial score (nSPS) is 10.1. The first-order valence-electron chi connectivity index (χ1n) is 3.05. The molecule has 11 heavy (non-hydrogen) atoms. The molecule has 0 saturated carbocycles. The summed E-state index contributed by atoms with van der Waals surface area (Å²) in [6, 6.07) is 0. The molecule has 0 N–H and O–H groups in total. The summed E-state index contributed by atoms with van der Waals surface area (Å²) in [5, 5.41) is 22.0. The highest BCUT2D eigenvalue weighted by atomic mass is 16.8. The average Bonchev–Trinajstić information content (AvgIpc) is 2.17. The SMILES string of the molecule is COn1[n+]([O-])c(C)c(C)[n+]1[O-]. The van der Waals surface area contributed by atoms with Crippen molar-refractivity contribution in [2.45, 2.75) is 13.8 Å². The first kappa shape index (κ1) is 7.64. The molecule has 6 heteroatoms. The van der Waals surface area contributed by atoms with Gasteiger partial charge in [-0.2, -0.15) is 0 Å². The molecule has 1 aromatic heterocycles. The number of rotatable bonds is 1. The van der Waals surface area contributed by atoms with Crippen LogP contribution < -0.4 is 14.5 Å². The molecule has 0 aliphatic rings. The van der Waals surface area contributed by atoms with E-state index >= 15 is 0 Å². The lowest BCUT2D eigenvalue weighted by Crippen LogP contribution is -2.54. The van der Waals surface area contributed by atoms with Gasteiger partial charge in [0.25, 0.3) is 16.3 Å². The summed E-state index contributed by atoms with van der Waals surface area (Å²) in [6.45, 7) is 3.10. The van der Waals surface area contributed by atoms with Crippen LogP contribution in [0, 0.1) is 24.3 Å². The predicted octanol–water partition coefficient (Wildman–Crippen LogP) is -1.57. The Balaban J connectivity index is 3.36. The third-order valence-electron chi connectivity index (χ3n) is 1.57. The van der Waals surface area contributed by atoms with Crippen LogP contribution in [0.4, 0.5) is 0 Å². The molecule has 0 amide bonds. The van der Waals surface area contributed by atoms with Crippen molar-refractivity contribution in [2.24, 2.45) is 0 Å². The smallest absolute Gasteiger partial charge is 0.295 e. The summed E-state index contributed by atoms with van der Waals surface area (Å²) in [5.74, 6) is 0. The monoisotopic (exact) mass is 159 g/mol. The molecule has 1 aromatic rings. The molecule has 0 radical (unpaired) electrons. The summed E-state index contributed by atoms with van der Waals surface area (Å²) in [4.78, 5) is 5.87. The minimum absolute atomic E-state index is 0.335. The number of aromatic nitrogens is 3. The van der Waals surface area contributed by atoms with Gasteiger partial charge in [0.2, 0.25) is 0 Å². The van der Waals surface area contributed by atoms with Crippen molar-refractivity contribution >= 4 is 0 Å². The molecular weight excluding hydrogens is 150 g/mol. The van der Waals surface area contributed by atoms with Crippen LogP contribution >= 0.6 is 0 Å². The molecule has 1 heterocycles. The first-order valence-corrected chi connectivity index (χ1v) is 3.05. The Kier molecular flexibility index (Phi) is 1.60. The van der Waals surface area contributed by atoms with E-state index < -0.39 is 0 Å². The van der Waals surface area contributed by atoms with Gasteiger partial charge < -0.3 is 15.3 Å². The fourth-order valence-corrected chi connectivity index (χ4v) is 0.756. The molecule has 0 spiro atoms. The molecule has 62 valence electrons. The standard InChI is InChI=1S/C5H9N3O3/c1-4-5(2)7(10)8(11-3)6(4)9/h1-3H3. The second-order valence-corrected chi connectivity index (χ2v) is 2.15. The van der Waals surface area contributed by atoms with Crippen molar-refractivity contribution in [3.8, 4) is 0 Å². The third kappa shape index (κ3) is 0.866. The van der Waals surface area contributed by atoms with Gasteiger partial charge in [-0.15, -0.1) is 0 Å². The summed E-state index contributed by atoms with van der Waals surface area (Å²) in [5.41, 5.74) is 0.670. The zero-order valence-electron chi connectivity index (χ0n) is 6.57. The summed E-state index contributed by atoms with van der Waals surface area (Å²) >= 11 is 0. The van der Waals surface area contributed by atoms with Crippen LogP contribution in [0.5, 0.6) is 0 Å². The largest absolute Gasteiger partial charge is 0.589 e. The molecule has 0 bridgehead atoms. The molecule has 1 rings (SSSR count). The zero-order chi connectivity index (χ0) is 8.59. The molecule has 0 saturated heterocycles. The number of nitrogens with zero attached hydrogens (tertiary/aromatic N) is 3. The topological polar surface area (TPSA) is 68.0 Å². The minimum atomic E-state index is 0.335. The van der Waals surface area contributed by atoms with Gasteiger partial charge in [0.15, 0.2) is 0 Å². The Bertz CT molecular complexity index is 255. The molecule has 0 atom stereocenters. The number of hydrogen-bond acceptors (Lipinski definition) is 3. The Hall–Kier alpha value is -1.46. The highest BCUT2D eigenvalue weighted by molar-refractivity contribution is 4.92. The van der Waals surface area contributed by atoms with Crippen LogP contribution in [0.15, 0.2) is 0 Å². The maximum atomic E-state index is 11.0. The van der Waals surface area contributed by atoms with Crippen molar-refractivity contribution in [1.29, 1.82) is 0 Å². The van der Waals surface area contributed by atoms with Crippen molar-refractivity contribution in [2.75, 3.05) is 7.11 Å².